The Morgan fingerprint density at radius 2 is 1.10 bits per heavy atom. The molecule has 0 atom stereocenters. The lowest BCUT2D eigenvalue weighted by Gasteiger charge is -2.15. The number of hydrogen-bond donors (Lipinski definition) is 0. The van der Waals surface area contributed by atoms with Crippen LogP contribution in [0.1, 0.15) is 0 Å². The van der Waals surface area contributed by atoms with Gasteiger partial charge in [-0.1, -0.05) is 100 Å². The molecule has 0 spiro atoms. The lowest BCUT2D eigenvalue weighted by molar-refractivity contribution is 1.55. The summed E-state index contributed by atoms with van der Waals surface area (Å²) in [5.74, 6) is 0. The third kappa shape index (κ3) is 3.96. The van der Waals surface area contributed by atoms with Gasteiger partial charge in [0.1, 0.15) is 0 Å². The van der Waals surface area contributed by atoms with Crippen molar-refractivity contribution in [1.29, 1.82) is 0 Å². The van der Waals surface area contributed by atoms with Crippen LogP contribution in [0.3, 0.4) is 0 Å². The molecule has 150 valence electrons. The van der Waals surface area contributed by atoms with Gasteiger partial charge in [-0.05, 0) is 84.9 Å². The molecule has 5 aromatic carbocycles. The molecule has 0 aromatic heterocycles. The van der Waals surface area contributed by atoms with Crippen LogP contribution in [0.25, 0.3) is 44.2 Å². The fourth-order valence-electron chi connectivity index (χ4n) is 3.94. The molecule has 0 fully saturated rings. The Morgan fingerprint density at radius 1 is 0.516 bits per heavy atom. The van der Waals surface area contributed by atoms with Crippen molar-refractivity contribution in [1.82, 2.24) is 0 Å². The first-order chi connectivity index (χ1) is 15.1. The first kappa shape index (κ1) is 20.5. The Balaban J connectivity index is 1.79. The summed E-state index contributed by atoms with van der Waals surface area (Å²) >= 11 is 14.2. The van der Waals surface area contributed by atoms with E-state index in [1.54, 1.807) is 0 Å². The molecule has 31 heavy (non-hydrogen) atoms. The Labute approximate surface area is 203 Å². The van der Waals surface area contributed by atoms with Gasteiger partial charge in [-0.25, -0.2) is 0 Å². The van der Waals surface area contributed by atoms with Crippen LogP contribution in [0.4, 0.5) is 0 Å². The van der Waals surface area contributed by atoms with Crippen LogP contribution in [-0.2, 0) is 0 Å². The largest absolute Gasteiger partial charge is 0.0837 e. The Hall–Kier alpha value is -2.39. The van der Waals surface area contributed by atoms with E-state index in [0.717, 1.165) is 47.3 Å². The minimum Gasteiger partial charge on any atom is -0.0837 e. The van der Waals surface area contributed by atoms with Crippen LogP contribution < -0.4 is 0 Å². The molecule has 0 unspecified atom stereocenters. The molecule has 0 nitrogen and oxygen atoms in total. The minimum absolute atomic E-state index is 0.746. The predicted molar refractivity (Wildman–Crippen MR) is 141 cm³/mol. The van der Waals surface area contributed by atoms with Gasteiger partial charge >= 0.3 is 0 Å². The van der Waals surface area contributed by atoms with Gasteiger partial charge < -0.3 is 0 Å². The number of rotatable bonds is 3. The third-order valence-electron chi connectivity index (χ3n) is 5.48. The molecule has 0 bridgehead atoms. The highest BCUT2D eigenvalue weighted by molar-refractivity contribution is 9.11. The van der Waals surface area contributed by atoms with Gasteiger partial charge in [0.05, 0.1) is 0 Å². The number of benzene rings is 5. The van der Waals surface area contributed by atoms with Crippen molar-refractivity contribution >= 4 is 54.2 Å². The van der Waals surface area contributed by atoms with Crippen LogP contribution in [0.5, 0.6) is 0 Å². The monoisotopic (exact) mass is 546 g/mol. The summed E-state index contributed by atoms with van der Waals surface area (Å²) < 4.78 is 2.16. The van der Waals surface area contributed by atoms with E-state index in [1.807, 2.05) is 24.3 Å². The molecule has 0 saturated carbocycles. The Kier molecular flexibility index (Phi) is 5.71. The van der Waals surface area contributed by atoms with Gasteiger partial charge in [0.15, 0.2) is 0 Å². The molecule has 5 rings (SSSR count). The standard InChI is InChI=1S/C28H17Br2Cl/c29-26-11-5-3-8-22(26)19-15-20(23-9-4-6-12-27(23)31)17-21(16-19)25-14-13-18-7-1-2-10-24(18)28(25)30/h1-17H. The van der Waals surface area contributed by atoms with Crippen molar-refractivity contribution in [3.8, 4) is 33.4 Å². The molecule has 0 amide bonds. The average molecular weight is 549 g/mol. The highest BCUT2D eigenvalue weighted by Crippen LogP contribution is 2.41. The van der Waals surface area contributed by atoms with Gasteiger partial charge in [0.25, 0.3) is 0 Å². The first-order valence-corrected chi connectivity index (χ1v) is 11.9. The topological polar surface area (TPSA) is 0 Å². The van der Waals surface area contributed by atoms with E-state index in [1.165, 1.54) is 10.8 Å². The smallest absolute Gasteiger partial charge is 0.0484 e. The average Bonchev–Trinajstić information content (AvgIpc) is 2.80. The molecule has 0 aliphatic rings. The van der Waals surface area contributed by atoms with Crippen LogP contribution in [0.15, 0.2) is 112 Å². The summed E-state index contributed by atoms with van der Waals surface area (Å²) in [5.41, 5.74) is 6.70. The summed E-state index contributed by atoms with van der Waals surface area (Å²) in [6.45, 7) is 0. The Morgan fingerprint density at radius 3 is 1.84 bits per heavy atom. The van der Waals surface area contributed by atoms with E-state index in [9.17, 15) is 0 Å². The maximum atomic E-state index is 6.58. The van der Waals surface area contributed by atoms with Gasteiger partial charge in [-0.15, -0.1) is 0 Å². The summed E-state index contributed by atoms with van der Waals surface area (Å²) in [4.78, 5) is 0. The highest BCUT2D eigenvalue weighted by Gasteiger charge is 2.13. The van der Waals surface area contributed by atoms with E-state index in [2.05, 4.69) is 111 Å². The van der Waals surface area contributed by atoms with Crippen molar-refractivity contribution in [3.63, 3.8) is 0 Å². The first-order valence-electron chi connectivity index (χ1n) is 9.94. The lowest BCUT2D eigenvalue weighted by Crippen LogP contribution is -1.89. The second kappa shape index (κ2) is 8.63. The molecule has 0 saturated heterocycles. The van der Waals surface area contributed by atoms with Gasteiger partial charge in [-0.3, -0.25) is 0 Å². The maximum absolute atomic E-state index is 6.58. The highest BCUT2D eigenvalue weighted by atomic mass is 79.9. The fraction of sp³-hybridized carbons (Fsp3) is 0. The minimum atomic E-state index is 0.746. The molecule has 3 heteroatoms. The number of halogens is 3. The zero-order chi connectivity index (χ0) is 21.4. The van der Waals surface area contributed by atoms with Crippen molar-refractivity contribution in [2.45, 2.75) is 0 Å². The quantitative estimate of drug-likeness (QED) is 0.210. The molecule has 0 aliphatic heterocycles. The maximum Gasteiger partial charge on any atom is 0.0484 e. The molecular formula is C28H17Br2Cl. The zero-order valence-corrected chi connectivity index (χ0v) is 20.4. The van der Waals surface area contributed by atoms with E-state index in [-0.39, 0.29) is 0 Å². The normalized spacial score (nSPS) is 11.1. The van der Waals surface area contributed by atoms with E-state index in [0.29, 0.717) is 0 Å². The van der Waals surface area contributed by atoms with Gasteiger partial charge in [-0.2, -0.15) is 0 Å². The third-order valence-corrected chi connectivity index (χ3v) is 7.35. The van der Waals surface area contributed by atoms with E-state index < -0.39 is 0 Å². The van der Waals surface area contributed by atoms with E-state index >= 15 is 0 Å². The van der Waals surface area contributed by atoms with Crippen LogP contribution >= 0.6 is 43.5 Å². The van der Waals surface area contributed by atoms with Crippen LogP contribution in [0, 0.1) is 0 Å². The van der Waals surface area contributed by atoms with Crippen molar-refractivity contribution in [2.75, 3.05) is 0 Å². The molecule has 0 heterocycles. The zero-order valence-electron chi connectivity index (χ0n) is 16.4. The van der Waals surface area contributed by atoms with Crippen molar-refractivity contribution in [2.24, 2.45) is 0 Å². The summed E-state index contributed by atoms with van der Waals surface area (Å²) in [6, 6.07) is 35.8. The SMILES string of the molecule is Clc1ccccc1-c1cc(-c2ccccc2Br)cc(-c2ccc3ccccc3c2Br)c1. The number of hydrogen-bond acceptors (Lipinski definition) is 0. The van der Waals surface area contributed by atoms with Gasteiger partial charge in [0.2, 0.25) is 0 Å². The van der Waals surface area contributed by atoms with Crippen LogP contribution in [0.2, 0.25) is 5.02 Å². The molecule has 0 radical (unpaired) electrons. The molecule has 0 aliphatic carbocycles. The molecule has 5 aromatic rings. The Bertz CT molecular complexity index is 1360. The number of fused-ring (bicyclic) bond motifs is 1. The van der Waals surface area contributed by atoms with Crippen LogP contribution in [-0.4, -0.2) is 0 Å². The predicted octanol–water partition coefficient (Wildman–Crippen LogP) is 10.0. The molecular weight excluding hydrogens is 532 g/mol. The summed E-state index contributed by atoms with van der Waals surface area (Å²) in [6.07, 6.45) is 0. The van der Waals surface area contributed by atoms with Crippen molar-refractivity contribution in [3.05, 3.63) is 117 Å². The summed E-state index contributed by atoms with van der Waals surface area (Å²) in [7, 11) is 0. The van der Waals surface area contributed by atoms with Gasteiger partial charge in [0, 0.05) is 19.5 Å². The second-order valence-electron chi connectivity index (χ2n) is 7.41. The van der Waals surface area contributed by atoms with Crippen molar-refractivity contribution < 1.29 is 0 Å². The van der Waals surface area contributed by atoms with E-state index in [4.69, 9.17) is 11.6 Å². The molecule has 0 N–H and O–H groups in total. The lowest BCUT2D eigenvalue weighted by atomic mass is 9.92. The summed E-state index contributed by atoms with van der Waals surface area (Å²) in [5, 5.41) is 3.16. The second-order valence-corrected chi connectivity index (χ2v) is 9.46. The fourth-order valence-corrected chi connectivity index (χ4v) is 5.42.